The number of ether oxygens (including phenoxy) is 1. The zero-order valence-electron chi connectivity index (χ0n) is 16.9. The molecule has 0 radical (unpaired) electrons. The van der Waals surface area contributed by atoms with Crippen molar-refractivity contribution in [1.29, 1.82) is 0 Å². The molecule has 10 heteroatoms. The Morgan fingerprint density at radius 3 is 2.34 bits per heavy atom. The highest BCUT2D eigenvalue weighted by atomic mass is 32.4. The second-order valence-electron chi connectivity index (χ2n) is 7.67. The third kappa shape index (κ3) is 9.85. The molecule has 8 nitrogen and oxygen atoms in total. The van der Waals surface area contributed by atoms with Crippen molar-refractivity contribution in [3.05, 3.63) is 12.2 Å². The number of nitrogens with zero attached hydrogens (tertiary/aromatic N) is 1. The number of rotatable bonds is 12. The first-order valence-electron chi connectivity index (χ1n) is 9.43. The Morgan fingerprint density at radius 1 is 1.17 bits per heavy atom. The van der Waals surface area contributed by atoms with Crippen molar-refractivity contribution < 1.29 is 28.7 Å². The van der Waals surface area contributed by atoms with Gasteiger partial charge in [0.15, 0.2) is 5.52 Å². The molecule has 160 valence electrons. The maximum atomic E-state index is 12.0. The van der Waals surface area contributed by atoms with Crippen LogP contribution >= 0.6 is 7.36 Å². The van der Waals surface area contributed by atoms with E-state index in [0.29, 0.717) is 25.8 Å². The van der Waals surface area contributed by atoms with Crippen molar-refractivity contribution in [3.8, 4) is 0 Å². The normalized spacial score (nSPS) is 14.9. The Labute approximate surface area is 177 Å². The molecule has 1 N–H and O–H groups in total. The maximum absolute atomic E-state index is 12.0. The standard InChI is InChI=1S/C19H27N2O6PS/c1-19(2,3)27-17(25)12-13(18(26)28-29)6-4-5-10-20-14(22)9-11-21-15(23)7-8-16(21)24/h7-8,13H,4-6,9-12H2,1-3H3,(H,20,22). The minimum atomic E-state index is -0.610. The Kier molecular flexibility index (Phi) is 10.3. The summed E-state index contributed by atoms with van der Waals surface area (Å²) in [4.78, 5) is 59.6. The van der Waals surface area contributed by atoms with Gasteiger partial charge in [0.05, 0.1) is 13.8 Å². The van der Waals surface area contributed by atoms with Crippen molar-refractivity contribution >= 4 is 48.4 Å². The van der Waals surface area contributed by atoms with E-state index in [1.165, 1.54) is 12.2 Å². The number of carbonyl (C=O) groups is 5. The molecule has 0 aliphatic carbocycles. The number of carbonyl (C=O) groups excluding carboxylic acids is 5. The van der Waals surface area contributed by atoms with Gasteiger partial charge in [-0.25, -0.2) is 0 Å². The lowest BCUT2D eigenvalue weighted by atomic mass is 9.99. The highest BCUT2D eigenvalue weighted by Gasteiger charge is 2.25. The summed E-state index contributed by atoms with van der Waals surface area (Å²) in [6.07, 6.45) is 4.14. The molecule has 0 aromatic carbocycles. The molecule has 0 aromatic heterocycles. The van der Waals surface area contributed by atoms with Gasteiger partial charge in [0, 0.05) is 37.6 Å². The number of unbranched alkanes of at least 4 members (excludes halogenated alkanes) is 1. The van der Waals surface area contributed by atoms with Crippen LogP contribution in [0.15, 0.2) is 12.2 Å². The Balaban J connectivity index is 2.28. The van der Waals surface area contributed by atoms with Gasteiger partial charge in [-0.05, 0) is 45.4 Å². The fourth-order valence-electron chi connectivity index (χ4n) is 2.67. The van der Waals surface area contributed by atoms with Crippen LogP contribution < -0.4 is 5.32 Å². The van der Waals surface area contributed by atoms with E-state index >= 15 is 0 Å². The molecule has 1 rings (SSSR count). The zero-order chi connectivity index (χ0) is 22.0. The van der Waals surface area contributed by atoms with Gasteiger partial charge in [0.25, 0.3) is 11.8 Å². The molecule has 0 fully saturated rings. The summed E-state index contributed by atoms with van der Waals surface area (Å²) in [6.45, 7) is 5.74. The van der Waals surface area contributed by atoms with Gasteiger partial charge in [-0.15, -0.1) is 0 Å². The predicted octanol–water partition coefficient (Wildman–Crippen LogP) is 1.87. The van der Waals surface area contributed by atoms with Gasteiger partial charge in [0.2, 0.25) is 5.91 Å². The smallest absolute Gasteiger partial charge is 0.307 e. The lowest BCUT2D eigenvalue weighted by molar-refractivity contribution is -0.156. The lowest BCUT2D eigenvalue weighted by Gasteiger charge is -2.21. The summed E-state index contributed by atoms with van der Waals surface area (Å²) < 4.78 is 5.26. The van der Waals surface area contributed by atoms with Crippen LogP contribution in [0.5, 0.6) is 0 Å². The van der Waals surface area contributed by atoms with E-state index in [1.807, 2.05) is 0 Å². The summed E-state index contributed by atoms with van der Waals surface area (Å²) in [7, 11) is 0.195. The van der Waals surface area contributed by atoms with Crippen molar-refractivity contribution in [2.75, 3.05) is 13.1 Å². The molecule has 0 bridgehead atoms. The fourth-order valence-corrected chi connectivity index (χ4v) is 3.49. The Morgan fingerprint density at radius 2 is 1.79 bits per heavy atom. The van der Waals surface area contributed by atoms with Crippen LogP contribution in [0.25, 0.3) is 0 Å². The van der Waals surface area contributed by atoms with E-state index in [1.54, 1.807) is 20.8 Å². The molecular weight excluding hydrogens is 415 g/mol. The van der Waals surface area contributed by atoms with Crippen molar-refractivity contribution in [3.63, 3.8) is 0 Å². The highest BCUT2D eigenvalue weighted by molar-refractivity contribution is 8.03. The van der Waals surface area contributed by atoms with Crippen molar-refractivity contribution in [2.24, 2.45) is 5.92 Å². The third-order valence-corrected chi connectivity index (χ3v) is 5.12. The van der Waals surface area contributed by atoms with E-state index in [9.17, 15) is 24.0 Å². The number of esters is 1. The summed E-state index contributed by atoms with van der Waals surface area (Å²) in [5.41, 5.74) is -0.787. The average molecular weight is 442 g/mol. The van der Waals surface area contributed by atoms with E-state index < -0.39 is 29.3 Å². The quantitative estimate of drug-likeness (QED) is 0.213. The van der Waals surface area contributed by atoms with Crippen LogP contribution in [0.2, 0.25) is 0 Å². The van der Waals surface area contributed by atoms with Gasteiger partial charge >= 0.3 is 5.97 Å². The first-order valence-corrected chi connectivity index (χ1v) is 11.3. The van der Waals surface area contributed by atoms with Gasteiger partial charge < -0.3 is 10.1 Å². The lowest BCUT2D eigenvalue weighted by Crippen LogP contribution is -2.35. The molecule has 0 saturated heterocycles. The van der Waals surface area contributed by atoms with E-state index in [0.717, 1.165) is 4.90 Å². The summed E-state index contributed by atoms with van der Waals surface area (Å²) in [5, 5.41) is 2.72. The van der Waals surface area contributed by atoms with Crippen LogP contribution in [0.3, 0.4) is 0 Å². The minimum Gasteiger partial charge on any atom is -0.460 e. The number of hydrogen-bond donors (Lipinski definition) is 1. The van der Waals surface area contributed by atoms with E-state index in [-0.39, 0.29) is 38.2 Å². The average Bonchev–Trinajstić information content (AvgIpc) is 2.94. The van der Waals surface area contributed by atoms with Crippen LogP contribution in [0.4, 0.5) is 0 Å². The summed E-state index contributed by atoms with van der Waals surface area (Å²) in [5.74, 6) is -2.00. The molecule has 3 amide bonds. The largest absolute Gasteiger partial charge is 0.460 e. The van der Waals surface area contributed by atoms with Crippen LogP contribution in [0.1, 0.15) is 52.9 Å². The second-order valence-corrected chi connectivity index (χ2v) is 8.85. The van der Waals surface area contributed by atoms with E-state index in [4.69, 9.17) is 16.5 Å². The molecule has 1 unspecified atom stereocenters. The molecule has 0 aromatic rings. The van der Waals surface area contributed by atoms with Crippen molar-refractivity contribution in [2.45, 2.75) is 58.5 Å². The van der Waals surface area contributed by atoms with E-state index in [2.05, 4.69) is 5.32 Å². The maximum Gasteiger partial charge on any atom is 0.307 e. The molecule has 0 spiro atoms. The molecule has 1 aliphatic rings. The summed E-state index contributed by atoms with van der Waals surface area (Å²) in [6, 6.07) is 0. The van der Waals surface area contributed by atoms with Gasteiger partial charge in [-0.3, -0.25) is 28.9 Å². The molecular formula is C19H27N2O6PS. The van der Waals surface area contributed by atoms with Gasteiger partial charge in [0.1, 0.15) is 5.60 Å². The van der Waals surface area contributed by atoms with Gasteiger partial charge in [-0.2, -0.15) is 0 Å². The van der Waals surface area contributed by atoms with Crippen LogP contribution in [-0.2, 0) is 40.5 Å². The number of imide groups is 1. The topological polar surface area (TPSA) is 110 Å². The SMILES string of the molecule is CC(C)(C)OC(=O)CC(CCCCNC(=O)CCN1C(=O)C=CC1=O)C(=O)P=S. The Bertz CT molecular complexity index is 683. The van der Waals surface area contributed by atoms with Crippen LogP contribution in [0, 0.1) is 5.92 Å². The van der Waals surface area contributed by atoms with Crippen molar-refractivity contribution in [1.82, 2.24) is 10.2 Å². The number of amides is 3. The molecule has 29 heavy (non-hydrogen) atoms. The number of nitrogens with one attached hydrogen (secondary N) is 1. The zero-order valence-corrected chi connectivity index (χ0v) is 18.6. The number of hydrogen-bond acceptors (Lipinski definition) is 7. The monoisotopic (exact) mass is 442 g/mol. The Hall–Kier alpha value is -1.99. The predicted molar refractivity (Wildman–Crippen MR) is 111 cm³/mol. The molecule has 1 heterocycles. The first-order chi connectivity index (χ1) is 13.5. The summed E-state index contributed by atoms with van der Waals surface area (Å²) >= 11 is 4.80. The molecule has 0 saturated carbocycles. The van der Waals surface area contributed by atoms with Crippen LogP contribution in [-0.4, -0.2) is 52.8 Å². The fraction of sp³-hybridized carbons (Fsp3) is 0.632. The van der Waals surface area contributed by atoms with Gasteiger partial charge in [-0.1, -0.05) is 6.42 Å². The minimum absolute atomic E-state index is 0.00195. The molecule has 1 atom stereocenters. The third-order valence-electron chi connectivity index (χ3n) is 4.04. The first kappa shape index (κ1) is 25.0. The second kappa shape index (κ2) is 11.9. The molecule has 1 aliphatic heterocycles. The highest BCUT2D eigenvalue weighted by Crippen LogP contribution is 2.21.